The molecular formula is C32H44N4O5S. The van der Waals surface area contributed by atoms with Crippen molar-refractivity contribution in [2.75, 3.05) is 39.5 Å². The molecule has 0 saturated carbocycles. The highest BCUT2D eigenvalue weighted by Gasteiger charge is 2.44. The topological polar surface area (TPSA) is 95.4 Å². The summed E-state index contributed by atoms with van der Waals surface area (Å²) in [6.45, 7) is 11.4. The van der Waals surface area contributed by atoms with Gasteiger partial charge in [0.25, 0.3) is 0 Å². The number of aliphatic carboxylic acids is 1. The maximum Gasteiger partial charge on any atom is 0.341 e. The van der Waals surface area contributed by atoms with Gasteiger partial charge in [0.15, 0.2) is 6.61 Å². The van der Waals surface area contributed by atoms with E-state index >= 15 is 0 Å². The number of benzene rings is 1. The molecule has 3 aliphatic heterocycles. The van der Waals surface area contributed by atoms with E-state index in [1.165, 1.54) is 5.56 Å². The van der Waals surface area contributed by atoms with Gasteiger partial charge in [-0.2, -0.15) is 0 Å². The highest BCUT2D eigenvalue weighted by Crippen LogP contribution is 2.33. The molecule has 1 atom stereocenters. The number of carbonyl (C=O) groups excluding carboxylic acids is 1. The molecule has 2 aromatic rings. The molecule has 0 radical (unpaired) electrons. The number of piperidine rings is 1. The van der Waals surface area contributed by atoms with Crippen molar-refractivity contribution in [1.29, 1.82) is 0 Å². The standard InChI is InChI=1S/C32H44N4O5S/c1-22(2)18-27-20-35(25-12-16-40-17-13-25)32(39)36(27)26-10-14-34(15-11-26)19-24-4-9-30(33-23(24)3)42-29-7-5-28(6-8-29)41-21-31(37)38/h4-9,22,25-27H,10-21H2,1-3H3,(H,37,38)/t27-/m1/s1. The molecule has 0 bridgehead atoms. The summed E-state index contributed by atoms with van der Waals surface area (Å²) in [5.74, 6) is 0.104. The molecule has 1 aromatic carbocycles. The zero-order valence-electron chi connectivity index (χ0n) is 25.0. The van der Waals surface area contributed by atoms with Crippen molar-refractivity contribution in [2.24, 2.45) is 5.92 Å². The fourth-order valence-corrected chi connectivity index (χ4v) is 7.28. The van der Waals surface area contributed by atoms with Gasteiger partial charge in [-0.3, -0.25) is 4.90 Å². The first kappa shape index (κ1) is 30.6. The van der Waals surface area contributed by atoms with Crippen LogP contribution in [0.25, 0.3) is 0 Å². The minimum Gasteiger partial charge on any atom is -0.482 e. The maximum atomic E-state index is 13.7. The quantitative estimate of drug-likeness (QED) is 0.374. The van der Waals surface area contributed by atoms with Gasteiger partial charge in [0, 0.05) is 62.1 Å². The lowest BCUT2D eigenvalue weighted by Gasteiger charge is -2.39. The molecule has 1 aromatic heterocycles. The minimum absolute atomic E-state index is 0.251. The molecule has 2 amide bonds. The third-order valence-corrected chi connectivity index (χ3v) is 9.51. The second-order valence-corrected chi connectivity index (χ2v) is 13.2. The molecule has 10 heteroatoms. The van der Waals surface area contributed by atoms with Gasteiger partial charge in [0.05, 0.1) is 6.04 Å². The van der Waals surface area contributed by atoms with Crippen molar-refractivity contribution in [1.82, 2.24) is 19.7 Å². The van der Waals surface area contributed by atoms with E-state index < -0.39 is 5.97 Å². The first-order chi connectivity index (χ1) is 20.3. The Kier molecular flexibility index (Phi) is 10.3. The number of carboxylic acids is 1. The number of carboxylic acid groups (broad SMARTS) is 1. The lowest BCUT2D eigenvalue weighted by Crippen LogP contribution is -2.50. The Bertz CT molecular complexity index is 1210. The van der Waals surface area contributed by atoms with Crippen LogP contribution in [0.5, 0.6) is 5.75 Å². The zero-order chi connectivity index (χ0) is 29.6. The van der Waals surface area contributed by atoms with Crippen LogP contribution in [0.2, 0.25) is 0 Å². The van der Waals surface area contributed by atoms with Gasteiger partial charge in [0.2, 0.25) is 0 Å². The predicted molar refractivity (Wildman–Crippen MR) is 162 cm³/mol. The van der Waals surface area contributed by atoms with Crippen molar-refractivity contribution >= 4 is 23.8 Å². The Morgan fingerprint density at radius 2 is 1.79 bits per heavy atom. The molecule has 0 unspecified atom stereocenters. The van der Waals surface area contributed by atoms with E-state index in [2.05, 4.69) is 47.6 Å². The van der Waals surface area contributed by atoms with Crippen molar-refractivity contribution < 1.29 is 24.2 Å². The molecule has 0 aliphatic carbocycles. The Morgan fingerprint density at radius 3 is 2.43 bits per heavy atom. The molecule has 228 valence electrons. The number of likely N-dealkylation sites (tertiary alicyclic amines) is 1. The van der Waals surface area contributed by atoms with Crippen molar-refractivity contribution in [3.05, 3.63) is 47.7 Å². The number of aromatic nitrogens is 1. The number of urea groups is 1. The summed E-state index contributed by atoms with van der Waals surface area (Å²) in [4.78, 5) is 37.2. The SMILES string of the molecule is Cc1nc(Sc2ccc(OCC(=O)O)cc2)ccc1CN1CCC(N2C(=O)N(C3CCOCC3)C[C@H]2CC(C)C)CC1. The van der Waals surface area contributed by atoms with Crippen molar-refractivity contribution in [3.8, 4) is 5.75 Å². The van der Waals surface area contributed by atoms with Crippen LogP contribution in [0.3, 0.4) is 0 Å². The summed E-state index contributed by atoms with van der Waals surface area (Å²) in [6, 6.07) is 12.8. The summed E-state index contributed by atoms with van der Waals surface area (Å²) in [5.41, 5.74) is 2.26. The molecule has 3 fully saturated rings. The van der Waals surface area contributed by atoms with E-state index in [1.54, 1.807) is 23.9 Å². The van der Waals surface area contributed by atoms with Gasteiger partial charge < -0.3 is 24.4 Å². The molecule has 3 aliphatic rings. The van der Waals surface area contributed by atoms with Crippen LogP contribution in [0.15, 0.2) is 46.3 Å². The Hall–Kier alpha value is -2.82. The van der Waals surface area contributed by atoms with E-state index in [1.807, 2.05) is 12.1 Å². The molecule has 0 spiro atoms. The molecule has 5 rings (SSSR count). The number of rotatable bonds is 11. The van der Waals surface area contributed by atoms with Gasteiger partial charge in [0.1, 0.15) is 10.8 Å². The number of pyridine rings is 1. The second-order valence-electron chi connectivity index (χ2n) is 12.1. The van der Waals surface area contributed by atoms with Crippen LogP contribution in [0, 0.1) is 12.8 Å². The average molecular weight is 597 g/mol. The summed E-state index contributed by atoms with van der Waals surface area (Å²) < 4.78 is 10.8. The van der Waals surface area contributed by atoms with Crippen LogP contribution in [-0.4, -0.2) is 94.4 Å². The minimum atomic E-state index is -0.994. The number of carbonyl (C=O) groups is 2. The third kappa shape index (κ3) is 7.76. The van der Waals surface area contributed by atoms with E-state index in [0.29, 0.717) is 29.8 Å². The van der Waals surface area contributed by atoms with Crippen LogP contribution in [-0.2, 0) is 16.1 Å². The summed E-state index contributed by atoms with van der Waals surface area (Å²) in [5, 5.41) is 9.69. The van der Waals surface area contributed by atoms with E-state index in [0.717, 1.165) is 87.1 Å². The van der Waals surface area contributed by atoms with Crippen LogP contribution >= 0.6 is 11.8 Å². The fraction of sp³-hybridized carbons (Fsp3) is 0.594. The van der Waals surface area contributed by atoms with E-state index in [9.17, 15) is 9.59 Å². The summed E-state index contributed by atoms with van der Waals surface area (Å²) >= 11 is 1.57. The third-order valence-electron chi connectivity index (χ3n) is 8.57. The monoisotopic (exact) mass is 596 g/mol. The second kappa shape index (κ2) is 14.1. The molecule has 42 heavy (non-hydrogen) atoms. The Morgan fingerprint density at radius 1 is 1.07 bits per heavy atom. The van der Waals surface area contributed by atoms with Gasteiger partial charge in [-0.05, 0) is 80.8 Å². The molecular weight excluding hydrogens is 552 g/mol. The average Bonchev–Trinajstić information content (AvgIpc) is 3.29. The number of hydrogen-bond acceptors (Lipinski definition) is 7. The Labute approximate surface area is 253 Å². The largest absolute Gasteiger partial charge is 0.482 e. The van der Waals surface area contributed by atoms with Crippen LogP contribution < -0.4 is 4.74 Å². The lowest BCUT2D eigenvalue weighted by molar-refractivity contribution is -0.139. The van der Waals surface area contributed by atoms with Gasteiger partial charge >= 0.3 is 12.0 Å². The van der Waals surface area contributed by atoms with Gasteiger partial charge in [-0.25, -0.2) is 14.6 Å². The summed E-state index contributed by atoms with van der Waals surface area (Å²) in [7, 11) is 0. The van der Waals surface area contributed by atoms with Gasteiger partial charge in [-0.1, -0.05) is 31.7 Å². The number of aryl methyl sites for hydroxylation is 1. The highest BCUT2D eigenvalue weighted by molar-refractivity contribution is 7.99. The first-order valence-electron chi connectivity index (χ1n) is 15.2. The molecule has 9 nitrogen and oxygen atoms in total. The zero-order valence-corrected chi connectivity index (χ0v) is 25.9. The molecule has 3 saturated heterocycles. The Balaban J connectivity index is 1.14. The van der Waals surface area contributed by atoms with Crippen molar-refractivity contribution in [2.45, 2.75) is 87.5 Å². The molecule has 4 heterocycles. The summed E-state index contributed by atoms with van der Waals surface area (Å²) in [6.07, 6.45) is 4.98. The lowest BCUT2D eigenvalue weighted by atomic mass is 9.97. The van der Waals surface area contributed by atoms with Crippen LogP contribution in [0.4, 0.5) is 4.79 Å². The molecule has 1 N–H and O–H groups in total. The first-order valence-corrected chi connectivity index (χ1v) is 16.1. The number of hydrogen-bond donors (Lipinski definition) is 1. The van der Waals surface area contributed by atoms with Crippen molar-refractivity contribution in [3.63, 3.8) is 0 Å². The number of nitrogens with zero attached hydrogens (tertiary/aromatic N) is 4. The predicted octanol–water partition coefficient (Wildman–Crippen LogP) is 5.30. The maximum absolute atomic E-state index is 13.7. The fourth-order valence-electron chi connectivity index (χ4n) is 6.44. The normalized spacial score (nSPS) is 21.0. The number of ether oxygens (including phenoxy) is 2. The smallest absolute Gasteiger partial charge is 0.341 e. The van der Waals surface area contributed by atoms with E-state index in [4.69, 9.17) is 19.6 Å². The van der Waals surface area contributed by atoms with E-state index in [-0.39, 0.29) is 12.6 Å². The van der Waals surface area contributed by atoms with Crippen LogP contribution in [0.1, 0.15) is 57.2 Å². The van der Waals surface area contributed by atoms with Gasteiger partial charge in [-0.15, -0.1) is 0 Å². The number of amides is 2. The highest BCUT2D eigenvalue weighted by atomic mass is 32.2.